The fourth-order valence-electron chi connectivity index (χ4n) is 3.15. The minimum absolute atomic E-state index is 0.822. The third kappa shape index (κ3) is 5.78. The first-order chi connectivity index (χ1) is 9.38. The summed E-state index contributed by atoms with van der Waals surface area (Å²) in [5, 5.41) is 3.49. The number of nitrogens with one attached hydrogen (secondary N) is 1. The van der Waals surface area contributed by atoms with Crippen molar-refractivity contribution < 1.29 is 9.47 Å². The van der Waals surface area contributed by atoms with E-state index in [4.69, 9.17) is 9.47 Å². The zero-order chi connectivity index (χ0) is 13.3. The highest BCUT2D eigenvalue weighted by molar-refractivity contribution is 4.76. The van der Waals surface area contributed by atoms with Crippen molar-refractivity contribution in [3.05, 3.63) is 0 Å². The van der Waals surface area contributed by atoms with Gasteiger partial charge in [0.05, 0.1) is 6.61 Å². The van der Waals surface area contributed by atoms with Gasteiger partial charge in [-0.3, -0.25) is 0 Å². The molecule has 112 valence electrons. The lowest BCUT2D eigenvalue weighted by atomic mass is 9.94. The lowest BCUT2D eigenvalue weighted by molar-refractivity contribution is 0.0467. The van der Waals surface area contributed by atoms with E-state index >= 15 is 0 Å². The molecule has 1 N–H and O–H groups in total. The van der Waals surface area contributed by atoms with Crippen molar-refractivity contribution in [2.24, 2.45) is 11.8 Å². The molecule has 0 aliphatic carbocycles. The van der Waals surface area contributed by atoms with E-state index in [9.17, 15) is 0 Å². The minimum Gasteiger partial charge on any atom is -0.383 e. The zero-order valence-electron chi connectivity index (χ0n) is 12.4. The first kappa shape index (κ1) is 15.2. The van der Waals surface area contributed by atoms with Crippen molar-refractivity contribution in [3.63, 3.8) is 0 Å². The van der Waals surface area contributed by atoms with Gasteiger partial charge in [-0.1, -0.05) is 0 Å². The summed E-state index contributed by atoms with van der Waals surface area (Å²) in [5.41, 5.74) is 0. The molecule has 2 fully saturated rings. The van der Waals surface area contributed by atoms with Gasteiger partial charge < -0.3 is 19.7 Å². The summed E-state index contributed by atoms with van der Waals surface area (Å²) >= 11 is 0. The predicted octanol–water partition coefficient (Wildman–Crippen LogP) is 1.36. The fourth-order valence-corrected chi connectivity index (χ4v) is 3.15. The molecular weight excluding hydrogens is 240 g/mol. The molecule has 4 nitrogen and oxygen atoms in total. The Morgan fingerprint density at radius 3 is 2.53 bits per heavy atom. The van der Waals surface area contributed by atoms with Crippen molar-refractivity contribution in [1.82, 2.24) is 10.2 Å². The van der Waals surface area contributed by atoms with Crippen LogP contribution in [0.5, 0.6) is 0 Å². The molecule has 0 bridgehead atoms. The number of ether oxygens (including phenoxy) is 2. The Kier molecular flexibility index (Phi) is 7.14. The van der Waals surface area contributed by atoms with Gasteiger partial charge >= 0.3 is 0 Å². The first-order valence-corrected chi connectivity index (χ1v) is 7.88. The number of piperidine rings is 1. The van der Waals surface area contributed by atoms with Crippen LogP contribution in [0.4, 0.5) is 0 Å². The van der Waals surface area contributed by atoms with Crippen molar-refractivity contribution in [2.45, 2.75) is 25.7 Å². The largest absolute Gasteiger partial charge is 0.383 e. The normalized spacial score (nSPS) is 23.8. The quantitative estimate of drug-likeness (QED) is 0.708. The topological polar surface area (TPSA) is 33.7 Å². The summed E-state index contributed by atoms with van der Waals surface area (Å²) in [5.74, 6) is 1.74. The van der Waals surface area contributed by atoms with E-state index in [0.717, 1.165) is 44.7 Å². The number of nitrogens with zero attached hydrogens (tertiary/aromatic N) is 1. The molecule has 2 heterocycles. The summed E-state index contributed by atoms with van der Waals surface area (Å²) in [6.07, 6.45) is 5.23. The van der Waals surface area contributed by atoms with Crippen LogP contribution in [0.25, 0.3) is 0 Å². The van der Waals surface area contributed by atoms with Crippen LogP contribution in [-0.2, 0) is 9.47 Å². The number of likely N-dealkylation sites (tertiary alicyclic amines) is 1. The first-order valence-electron chi connectivity index (χ1n) is 7.88. The summed E-state index contributed by atoms with van der Waals surface area (Å²) < 4.78 is 10.5. The SMILES string of the molecule is COCCNCC1CCN(CC2CCOCC2)CC1. The summed E-state index contributed by atoms with van der Waals surface area (Å²) in [6, 6.07) is 0. The molecule has 0 atom stereocenters. The molecule has 4 heteroatoms. The zero-order valence-corrected chi connectivity index (χ0v) is 12.4. The highest BCUT2D eigenvalue weighted by Gasteiger charge is 2.22. The summed E-state index contributed by atoms with van der Waals surface area (Å²) in [7, 11) is 1.76. The molecule has 0 saturated carbocycles. The predicted molar refractivity (Wildman–Crippen MR) is 77.5 cm³/mol. The van der Waals surface area contributed by atoms with Gasteiger partial charge in [-0.2, -0.15) is 0 Å². The Bertz CT molecular complexity index is 224. The van der Waals surface area contributed by atoms with Crippen LogP contribution >= 0.6 is 0 Å². The molecule has 2 saturated heterocycles. The molecule has 19 heavy (non-hydrogen) atoms. The smallest absolute Gasteiger partial charge is 0.0587 e. The van der Waals surface area contributed by atoms with E-state index in [1.54, 1.807) is 7.11 Å². The summed E-state index contributed by atoms with van der Waals surface area (Å²) in [4.78, 5) is 2.67. The van der Waals surface area contributed by atoms with Crippen LogP contribution < -0.4 is 5.32 Å². The van der Waals surface area contributed by atoms with Gasteiger partial charge in [-0.25, -0.2) is 0 Å². The molecule has 0 amide bonds. The van der Waals surface area contributed by atoms with Crippen LogP contribution in [0, 0.1) is 11.8 Å². The van der Waals surface area contributed by atoms with Crippen molar-refractivity contribution in [2.75, 3.05) is 59.7 Å². The van der Waals surface area contributed by atoms with Crippen LogP contribution in [0.3, 0.4) is 0 Å². The van der Waals surface area contributed by atoms with Crippen LogP contribution in [0.2, 0.25) is 0 Å². The Morgan fingerprint density at radius 1 is 1.11 bits per heavy atom. The Morgan fingerprint density at radius 2 is 1.84 bits per heavy atom. The Labute approximate surface area is 117 Å². The molecule has 0 spiro atoms. The van der Waals surface area contributed by atoms with Crippen molar-refractivity contribution in [1.29, 1.82) is 0 Å². The van der Waals surface area contributed by atoms with Gasteiger partial charge in [-0.15, -0.1) is 0 Å². The van der Waals surface area contributed by atoms with Crippen LogP contribution in [-0.4, -0.2) is 64.6 Å². The van der Waals surface area contributed by atoms with Crippen LogP contribution in [0.15, 0.2) is 0 Å². The standard InChI is InChI=1S/C15H30N2O2/c1-18-11-6-16-12-14-2-7-17(8-3-14)13-15-4-9-19-10-5-15/h14-16H,2-13H2,1H3. The number of rotatable bonds is 7. The molecular formula is C15H30N2O2. The van der Waals surface area contributed by atoms with Crippen molar-refractivity contribution in [3.8, 4) is 0 Å². The molecule has 2 aliphatic rings. The molecule has 0 aromatic rings. The maximum atomic E-state index is 5.43. The van der Waals surface area contributed by atoms with Gasteiger partial charge in [0.1, 0.15) is 0 Å². The molecule has 0 aromatic heterocycles. The Balaban J connectivity index is 1.54. The van der Waals surface area contributed by atoms with E-state index < -0.39 is 0 Å². The molecule has 2 rings (SSSR count). The Hall–Kier alpha value is -0.160. The maximum Gasteiger partial charge on any atom is 0.0587 e. The monoisotopic (exact) mass is 270 g/mol. The average Bonchev–Trinajstić information content (AvgIpc) is 2.46. The second-order valence-corrected chi connectivity index (χ2v) is 6.00. The van der Waals surface area contributed by atoms with Crippen LogP contribution in [0.1, 0.15) is 25.7 Å². The lowest BCUT2D eigenvalue weighted by Crippen LogP contribution is -2.40. The van der Waals surface area contributed by atoms with Gasteiger partial charge in [0, 0.05) is 33.4 Å². The molecule has 0 radical (unpaired) electrons. The highest BCUT2D eigenvalue weighted by Crippen LogP contribution is 2.21. The van der Waals surface area contributed by atoms with Gasteiger partial charge in [-0.05, 0) is 57.2 Å². The molecule has 0 aromatic carbocycles. The maximum absolute atomic E-state index is 5.43. The number of hydrogen-bond acceptors (Lipinski definition) is 4. The minimum atomic E-state index is 0.822. The third-order valence-corrected chi connectivity index (χ3v) is 4.48. The molecule has 0 unspecified atom stereocenters. The summed E-state index contributed by atoms with van der Waals surface area (Å²) in [6.45, 7) is 8.79. The van der Waals surface area contributed by atoms with E-state index in [1.165, 1.54) is 45.3 Å². The second-order valence-electron chi connectivity index (χ2n) is 6.00. The number of methoxy groups -OCH3 is 1. The fraction of sp³-hybridized carbons (Fsp3) is 1.00. The third-order valence-electron chi connectivity index (χ3n) is 4.48. The average molecular weight is 270 g/mol. The highest BCUT2D eigenvalue weighted by atomic mass is 16.5. The lowest BCUT2D eigenvalue weighted by Gasteiger charge is -2.35. The van der Waals surface area contributed by atoms with Gasteiger partial charge in [0.2, 0.25) is 0 Å². The van der Waals surface area contributed by atoms with Gasteiger partial charge in [0.25, 0.3) is 0 Å². The van der Waals surface area contributed by atoms with E-state index in [1.807, 2.05) is 0 Å². The van der Waals surface area contributed by atoms with Crippen molar-refractivity contribution >= 4 is 0 Å². The van der Waals surface area contributed by atoms with Gasteiger partial charge in [0.15, 0.2) is 0 Å². The number of hydrogen-bond donors (Lipinski definition) is 1. The second kappa shape index (κ2) is 8.90. The van der Waals surface area contributed by atoms with E-state index in [2.05, 4.69) is 10.2 Å². The van der Waals surface area contributed by atoms with E-state index in [0.29, 0.717) is 0 Å². The molecule has 2 aliphatic heterocycles. The van der Waals surface area contributed by atoms with E-state index in [-0.39, 0.29) is 0 Å².